The molecule has 1 unspecified atom stereocenters. The first kappa shape index (κ1) is 6.02. The number of hydrogen-bond donors (Lipinski definition) is 0. The molecule has 0 aromatic carbocycles. The summed E-state index contributed by atoms with van der Waals surface area (Å²) in [5.41, 5.74) is 0. The summed E-state index contributed by atoms with van der Waals surface area (Å²) in [4.78, 5) is 2.05. The maximum absolute atomic E-state index is 12.4. The van der Waals surface area contributed by atoms with E-state index >= 15 is 0 Å². The Bertz CT molecular complexity index is 74.6. The topological polar surface area (TPSA) is 3.24 Å². The fourth-order valence-corrected chi connectivity index (χ4v) is 1.12. The van der Waals surface area contributed by atoms with Crippen LogP contribution in [-0.2, 0) is 0 Å². The lowest BCUT2D eigenvalue weighted by molar-refractivity contribution is 0.303. The van der Waals surface area contributed by atoms with Crippen molar-refractivity contribution >= 4 is 0 Å². The molecule has 2 atom stereocenters. The van der Waals surface area contributed by atoms with Crippen molar-refractivity contribution in [2.75, 3.05) is 13.6 Å². The van der Waals surface area contributed by atoms with Crippen LogP contribution in [0.4, 0.5) is 4.39 Å². The van der Waals surface area contributed by atoms with Gasteiger partial charge in [0.05, 0.1) is 0 Å². The van der Waals surface area contributed by atoms with Gasteiger partial charge in [-0.15, -0.1) is 0 Å². The van der Waals surface area contributed by atoms with Crippen molar-refractivity contribution in [2.24, 2.45) is 0 Å². The van der Waals surface area contributed by atoms with Crippen molar-refractivity contribution in [1.29, 1.82) is 0 Å². The molecule has 1 rings (SSSR count). The van der Waals surface area contributed by atoms with Crippen LogP contribution in [0.25, 0.3) is 0 Å². The van der Waals surface area contributed by atoms with Gasteiger partial charge in [0.1, 0.15) is 6.17 Å². The number of nitrogens with zero attached hydrogens (tertiary/aromatic N) is 1. The lowest BCUT2D eigenvalue weighted by atomic mass is 10.2. The van der Waals surface area contributed by atoms with E-state index < -0.39 is 6.17 Å². The summed E-state index contributed by atoms with van der Waals surface area (Å²) in [6.45, 7) is 2.68. The fourth-order valence-electron chi connectivity index (χ4n) is 1.12. The first-order valence-electron chi connectivity index (χ1n) is 3.04. The molecule has 0 radical (unpaired) electrons. The van der Waals surface area contributed by atoms with Gasteiger partial charge in [-0.05, 0) is 20.4 Å². The summed E-state index contributed by atoms with van der Waals surface area (Å²) in [6, 6.07) is 0.449. The molecule has 1 nitrogen and oxygen atoms in total. The molecule has 0 spiro atoms. The molecule has 1 aliphatic heterocycles. The van der Waals surface area contributed by atoms with Crippen LogP contribution < -0.4 is 0 Å². The minimum Gasteiger partial charge on any atom is -0.301 e. The van der Waals surface area contributed by atoms with Gasteiger partial charge in [0, 0.05) is 12.6 Å². The monoisotopic (exact) mass is 117 g/mol. The van der Waals surface area contributed by atoms with Crippen LogP contribution in [0.1, 0.15) is 13.3 Å². The highest BCUT2D eigenvalue weighted by atomic mass is 19.1. The molecule has 1 fully saturated rings. The minimum atomic E-state index is -0.574. The Hall–Kier alpha value is -0.110. The molecule has 0 aliphatic carbocycles. The molecule has 0 N–H and O–H groups in total. The van der Waals surface area contributed by atoms with E-state index in [4.69, 9.17) is 0 Å². The Kier molecular flexibility index (Phi) is 1.52. The van der Waals surface area contributed by atoms with Crippen LogP contribution in [-0.4, -0.2) is 30.7 Å². The SMILES string of the molecule is C[C@@H]1CC(F)CN1C. The van der Waals surface area contributed by atoms with Gasteiger partial charge < -0.3 is 4.90 Å². The molecule has 0 bridgehead atoms. The molecule has 0 amide bonds. The van der Waals surface area contributed by atoms with Crippen molar-refractivity contribution in [3.8, 4) is 0 Å². The zero-order valence-electron chi connectivity index (χ0n) is 5.39. The van der Waals surface area contributed by atoms with Crippen molar-refractivity contribution < 1.29 is 4.39 Å². The van der Waals surface area contributed by atoms with Crippen molar-refractivity contribution in [3.05, 3.63) is 0 Å². The van der Waals surface area contributed by atoms with Gasteiger partial charge in [-0.2, -0.15) is 0 Å². The third-order valence-electron chi connectivity index (χ3n) is 1.84. The molecule has 1 aliphatic rings. The predicted molar refractivity (Wildman–Crippen MR) is 31.6 cm³/mol. The summed E-state index contributed by atoms with van der Waals surface area (Å²) in [5, 5.41) is 0. The smallest absolute Gasteiger partial charge is 0.114 e. The minimum absolute atomic E-state index is 0.449. The van der Waals surface area contributed by atoms with Gasteiger partial charge in [-0.3, -0.25) is 0 Å². The van der Waals surface area contributed by atoms with Gasteiger partial charge in [0.15, 0.2) is 0 Å². The van der Waals surface area contributed by atoms with Crippen LogP contribution in [0.3, 0.4) is 0 Å². The van der Waals surface area contributed by atoms with E-state index in [1.54, 1.807) is 0 Å². The van der Waals surface area contributed by atoms with Gasteiger partial charge in [-0.25, -0.2) is 4.39 Å². The van der Waals surface area contributed by atoms with Gasteiger partial charge in [0.25, 0.3) is 0 Å². The highest BCUT2D eigenvalue weighted by Crippen LogP contribution is 2.16. The summed E-state index contributed by atoms with van der Waals surface area (Å²) in [5.74, 6) is 0. The number of likely N-dealkylation sites (tertiary alicyclic amines) is 1. The lowest BCUT2D eigenvalue weighted by Gasteiger charge is -2.11. The van der Waals surface area contributed by atoms with Crippen LogP contribution in [0.5, 0.6) is 0 Å². The quantitative estimate of drug-likeness (QED) is 0.458. The summed E-state index contributed by atoms with van der Waals surface area (Å²) < 4.78 is 12.4. The van der Waals surface area contributed by atoms with Crippen LogP contribution >= 0.6 is 0 Å². The Morgan fingerprint density at radius 1 is 1.62 bits per heavy atom. The Morgan fingerprint density at radius 2 is 2.25 bits per heavy atom. The molecule has 0 aromatic heterocycles. The molecule has 2 heteroatoms. The van der Waals surface area contributed by atoms with Crippen LogP contribution in [0.2, 0.25) is 0 Å². The van der Waals surface area contributed by atoms with Crippen LogP contribution in [0.15, 0.2) is 0 Å². The molecule has 8 heavy (non-hydrogen) atoms. The second kappa shape index (κ2) is 2.02. The van der Waals surface area contributed by atoms with Crippen LogP contribution in [0, 0.1) is 0 Å². The highest BCUT2D eigenvalue weighted by Gasteiger charge is 2.24. The zero-order valence-corrected chi connectivity index (χ0v) is 5.39. The van der Waals surface area contributed by atoms with E-state index in [2.05, 4.69) is 6.92 Å². The first-order valence-corrected chi connectivity index (χ1v) is 3.04. The van der Waals surface area contributed by atoms with E-state index in [0.29, 0.717) is 12.6 Å². The maximum atomic E-state index is 12.4. The van der Waals surface area contributed by atoms with E-state index in [1.807, 2.05) is 11.9 Å². The zero-order chi connectivity index (χ0) is 6.15. The average molecular weight is 117 g/mol. The molecular formula is C6H12FN. The highest BCUT2D eigenvalue weighted by molar-refractivity contribution is 4.79. The third kappa shape index (κ3) is 0.996. The predicted octanol–water partition coefficient (Wildman–Crippen LogP) is 1.05. The van der Waals surface area contributed by atoms with Crippen molar-refractivity contribution in [2.45, 2.75) is 25.6 Å². The molecule has 0 aromatic rings. The molecule has 1 saturated heterocycles. The molecule has 1 heterocycles. The largest absolute Gasteiger partial charge is 0.301 e. The van der Waals surface area contributed by atoms with E-state index in [0.717, 1.165) is 6.42 Å². The molecule has 0 saturated carbocycles. The third-order valence-corrected chi connectivity index (χ3v) is 1.84. The van der Waals surface area contributed by atoms with E-state index in [-0.39, 0.29) is 0 Å². The van der Waals surface area contributed by atoms with Crippen molar-refractivity contribution in [3.63, 3.8) is 0 Å². The summed E-state index contributed by atoms with van der Waals surface area (Å²) in [6.07, 6.45) is 0.145. The van der Waals surface area contributed by atoms with Gasteiger partial charge in [-0.1, -0.05) is 0 Å². The second-order valence-corrected chi connectivity index (χ2v) is 2.62. The van der Waals surface area contributed by atoms with E-state index in [1.165, 1.54) is 0 Å². The number of hydrogen-bond acceptors (Lipinski definition) is 1. The number of rotatable bonds is 0. The lowest BCUT2D eigenvalue weighted by Crippen LogP contribution is -2.21. The molecular weight excluding hydrogens is 105 g/mol. The standard InChI is InChI=1S/C6H12FN/c1-5-3-6(7)4-8(5)2/h5-6H,3-4H2,1-2H3/t5-,6?/m1/s1. The first-order chi connectivity index (χ1) is 3.70. The second-order valence-electron chi connectivity index (χ2n) is 2.62. The fraction of sp³-hybridized carbons (Fsp3) is 1.00. The van der Waals surface area contributed by atoms with Gasteiger partial charge >= 0.3 is 0 Å². The number of alkyl halides is 1. The van der Waals surface area contributed by atoms with Gasteiger partial charge in [0.2, 0.25) is 0 Å². The molecule has 48 valence electrons. The Labute approximate surface area is 49.5 Å². The van der Waals surface area contributed by atoms with E-state index in [9.17, 15) is 4.39 Å². The Morgan fingerprint density at radius 3 is 2.38 bits per heavy atom. The number of halogens is 1. The normalized spacial score (nSPS) is 40.9. The Balaban J connectivity index is 2.39. The summed E-state index contributed by atoms with van der Waals surface area (Å²) in [7, 11) is 1.96. The van der Waals surface area contributed by atoms with Crippen molar-refractivity contribution in [1.82, 2.24) is 4.90 Å². The maximum Gasteiger partial charge on any atom is 0.114 e. The average Bonchev–Trinajstić information content (AvgIpc) is 1.85. The summed E-state index contributed by atoms with van der Waals surface area (Å²) >= 11 is 0.